The molecule has 0 saturated carbocycles. The summed E-state index contributed by atoms with van der Waals surface area (Å²) in [6.45, 7) is -0.0755. The number of nitrogens with zero attached hydrogens (tertiary/aromatic N) is 1. The van der Waals surface area contributed by atoms with Gasteiger partial charge in [0, 0.05) is 0 Å². The molecule has 0 aliphatic carbocycles. The lowest BCUT2D eigenvalue weighted by molar-refractivity contribution is 0.0697. The highest BCUT2D eigenvalue weighted by Gasteiger charge is 2.26. The Kier molecular flexibility index (Phi) is 6.28. The van der Waals surface area contributed by atoms with E-state index in [0.29, 0.717) is 16.0 Å². The summed E-state index contributed by atoms with van der Waals surface area (Å²) in [6, 6.07) is 24.8. The van der Waals surface area contributed by atoms with Crippen molar-refractivity contribution in [3.8, 4) is 16.3 Å². The first kappa shape index (κ1) is 24.3. The van der Waals surface area contributed by atoms with Crippen molar-refractivity contribution in [2.24, 2.45) is 0 Å². The summed E-state index contributed by atoms with van der Waals surface area (Å²) in [6.07, 6.45) is 0. The molecule has 0 fully saturated rings. The molecule has 0 unspecified atom stereocenters. The molecule has 0 radical (unpaired) electrons. The number of aromatic amines is 1. The summed E-state index contributed by atoms with van der Waals surface area (Å²) in [5, 5.41) is 21.1. The number of aromatic hydroxyl groups is 1. The first-order chi connectivity index (χ1) is 17.7. The number of rotatable bonds is 7. The molecule has 8 nitrogen and oxygen atoms in total. The number of fused-ring (bicyclic) bond motifs is 1. The number of thiazole rings is 1. The highest BCUT2D eigenvalue weighted by molar-refractivity contribution is 7.92. The van der Waals surface area contributed by atoms with E-state index >= 15 is 0 Å². The van der Waals surface area contributed by atoms with Crippen LogP contribution in [-0.2, 0) is 16.6 Å². The smallest absolute Gasteiger partial charge is 0.335 e. The molecular weight excluding hydrogens is 512 g/mol. The SMILES string of the molecule is O=C(O)c1cccc(N(Cc2ccc(-c3sc(=O)[nH]c3O)cc2)S(=O)(=O)c2ccc3ccccc3c2)c1. The molecule has 4 aromatic carbocycles. The van der Waals surface area contributed by atoms with Crippen LogP contribution in [0.25, 0.3) is 21.2 Å². The van der Waals surface area contributed by atoms with E-state index in [1.54, 1.807) is 42.5 Å². The normalized spacial score (nSPS) is 11.5. The van der Waals surface area contributed by atoms with Crippen molar-refractivity contribution in [2.75, 3.05) is 4.31 Å². The summed E-state index contributed by atoms with van der Waals surface area (Å²) in [5.74, 6) is -1.40. The van der Waals surface area contributed by atoms with Gasteiger partial charge in [-0.1, -0.05) is 72.0 Å². The minimum Gasteiger partial charge on any atom is -0.493 e. The second kappa shape index (κ2) is 9.57. The number of aromatic carboxylic acids is 1. The van der Waals surface area contributed by atoms with Crippen molar-refractivity contribution >= 4 is 43.8 Å². The minimum absolute atomic E-state index is 0.0376. The Bertz CT molecular complexity index is 1790. The summed E-state index contributed by atoms with van der Waals surface area (Å²) in [7, 11) is -4.10. The first-order valence-corrected chi connectivity index (χ1v) is 13.3. The molecule has 5 rings (SSSR count). The van der Waals surface area contributed by atoms with Crippen molar-refractivity contribution in [3.63, 3.8) is 0 Å². The van der Waals surface area contributed by atoms with Crippen molar-refractivity contribution < 1.29 is 23.4 Å². The summed E-state index contributed by atoms with van der Waals surface area (Å²) in [5.41, 5.74) is 1.39. The van der Waals surface area contributed by atoms with Crippen LogP contribution >= 0.6 is 11.3 Å². The number of nitrogens with one attached hydrogen (secondary N) is 1. The van der Waals surface area contributed by atoms with Gasteiger partial charge in [-0.05, 0) is 52.2 Å². The van der Waals surface area contributed by atoms with Crippen LogP contribution in [0.4, 0.5) is 5.69 Å². The van der Waals surface area contributed by atoms with Crippen LogP contribution in [0.3, 0.4) is 0 Å². The van der Waals surface area contributed by atoms with Gasteiger partial charge in [-0.25, -0.2) is 13.2 Å². The van der Waals surface area contributed by atoms with E-state index in [9.17, 15) is 28.2 Å². The molecule has 1 heterocycles. The van der Waals surface area contributed by atoms with Gasteiger partial charge in [-0.2, -0.15) is 0 Å². The zero-order valence-electron chi connectivity index (χ0n) is 19.2. The van der Waals surface area contributed by atoms with Gasteiger partial charge in [0.15, 0.2) is 0 Å². The zero-order chi connectivity index (χ0) is 26.2. The molecule has 10 heteroatoms. The molecule has 37 heavy (non-hydrogen) atoms. The van der Waals surface area contributed by atoms with E-state index in [4.69, 9.17) is 0 Å². The van der Waals surface area contributed by atoms with E-state index in [1.807, 2.05) is 24.3 Å². The summed E-state index contributed by atoms with van der Waals surface area (Å²) in [4.78, 5) is 25.5. The third-order valence-electron chi connectivity index (χ3n) is 5.86. The monoisotopic (exact) mass is 532 g/mol. The molecule has 186 valence electrons. The van der Waals surface area contributed by atoms with E-state index < -0.39 is 16.0 Å². The lowest BCUT2D eigenvalue weighted by Crippen LogP contribution is -2.30. The summed E-state index contributed by atoms with van der Waals surface area (Å²) >= 11 is 0.868. The van der Waals surface area contributed by atoms with Gasteiger partial charge < -0.3 is 10.2 Å². The topological polar surface area (TPSA) is 128 Å². The Balaban J connectivity index is 1.57. The van der Waals surface area contributed by atoms with E-state index in [-0.39, 0.29) is 33.4 Å². The maximum Gasteiger partial charge on any atom is 0.335 e. The number of hydrogen-bond donors (Lipinski definition) is 3. The average Bonchev–Trinajstić information content (AvgIpc) is 3.24. The predicted molar refractivity (Wildman–Crippen MR) is 143 cm³/mol. The lowest BCUT2D eigenvalue weighted by Gasteiger charge is -2.25. The fourth-order valence-electron chi connectivity index (χ4n) is 4.01. The van der Waals surface area contributed by atoms with Gasteiger partial charge in [0.2, 0.25) is 5.88 Å². The number of aromatic nitrogens is 1. The number of hydrogen-bond acceptors (Lipinski definition) is 6. The summed E-state index contributed by atoms with van der Waals surface area (Å²) < 4.78 is 29.0. The van der Waals surface area contributed by atoms with Crippen molar-refractivity contribution in [1.29, 1.82) is 0 Å². The Labute approximate surface area is 215 Å². The quantitative estimate of drug-likeness (QED) is 0.269. The maximum atomic E-state index is 13.9. The molecule has 0 aliphatic heterocycles. The van der Waals surface area contributed by atoms with Crippen molar-refractivity contribution in [2.45, 2.75) is 11.4 Å². The molecule has 0 bridgehead atoms. The van der Waals surface area contributed by atoms with Crippen LogP contribution in [0, 0.1) is 0 Å². The van der Waals surface area contributed by atoms with Crippen molar-refractivity contribution in [1.82, 2.24) is 4.98 Å². The van der Waals surface area contributed by atoms with Gasteiger partial charge in [0.05, 0.1) is 27.6 Å². The van der Waals surface area contributed by atoms with E-state index in [1.165, 1.54) is 28.6 Å². The number of sulfonamides is 1. The fourth-order valence-corrected chi connectivity index (χ4v) is 6.22. The Morgan fingerprint density at radius 2 is 1.62 bits per heavy atom. The molecule has 0 saturated heterocycles. The molecule has 3 N–H and O–H groups in total. The molecular formula is C27H20N2O6S2. The Hall–Kier alpha value is -4.41. The minimum atomic E-state index is -4.10. The van der Waals surface area contributed by atoms with Crippen LogP contribution < -0.4 is 9.18 Å². The molecule has 0 atom stereocenters. The second-order valence-corrected chi connectivity index (χ2v) is 11.1. The molecule has 0 aliphatic rings. The van der Waals surface area contributed by atoms with Gasteiger partial charge in [0.25, 0.3) is 10.0 Å². The van der Waals surface area contributed by atoms with Gasteiger partial charge in [-0.3, -0.25) is 14.1 Å². The first-order valence-electron chi connectivity index (χ1n) is 11.1. The van der Waals surface area contributed by atoms with Crippen molar-refractivity contribution in [3.05, 3.63) is 112 Å². The van der Waals surface area contributed by atoms with Crippen LogP contribution in [0.1, 0.15) is 15.9 Å². The number of carboxylic acid groups (broad SMARTS) is 1. The molecule has 1 aromatic heterocycles. The third-order valence-corrected chi connectivity index (χ3v) is 8.55. The second-order valence-electron chi connectivity index (χ2n) is 8.27. The van der Waals surface area contributed by atoms with Gasteiger partial charge in [-0.15, -0.1) is 0 Å². The third kappa shape index (κ3) is 4.84. The molecule has 0 spiro atoms. The van der Waals surface area contributed by atoms with Crippen LogP contribution in [0.2, 0.25) is 0 Å². The number of carboxylic acids is 1. The fraction of sp³-hybridized carbons (Fsp3) is 0.0370. The van der Waals surface area contributed by atoms with Crippen LogP contribution in [0.5, 0.6) is 5.88 Å². The highest BCUT2D eigenvalue weighted by Crippen LogP contribution is 2.32. The number of benzene rings is 4. The maximum absolute atomic E-state index is 13.9. The average molecular weight is 533 g/mol. The molecule has 5 aromatic rings. The van der Waals surface area contributed by atoms with Crippen LogP contribution in [0.15, 0.2) is 101 Å². The zero-order valence-corrected chi connectivity index (χ0v) is 20.8. The van der Waals surface area contributed by atoms with E-state index in [0.717, 1.165) is 22.1 Å². The Morgan fingerprint density at radius 1 is 0.892 bits per heavy atom. The number of H-pyrrole nitrogens is 1. The predicted octanol–water partition coefficient (Wildman–Crippen LogP) is 5.06. The largest absolute Gasteiger partial charge is 0.493 e. The van der Waals surface area contributed by atoms with E-state index in [2.05, 4.69) is 4.98 Å². The Morgan fingerprint density at radius 3 is 2.30 bits per heavy atom. The van der Waals surface area contributed by atoms with Gasteiger partial charge >= 0.3 is 10.8 Å². The molecule has 0 amide bonds. The van der Waals surface area contributed by atoms with Crippen LogP contribution in [-0.4, -0.2) is 29.6 Å². The van der Waals surface area contributed by atoms with Gasteiger partial charge in [0.1, 0.15) is 0 Å². The number of anilines is 1. The standard InChI is InChI=1S/C27H20N2O6S2/c30-25-24(36-27(33)28-25)19-10-8-17(9-11-19)16-29(22-7-3-6-21(14-22)26(31)32)37(34,35)23-13-12-18-4-1-2-5-20(18)15-23/h1-15,30H,16H2,(H,28,33)(H,31,32). The highest BCUT2D eigenvalue weighted by atomic mass is 32.2. The lowest BCUT2D eigenvalue weighted by atomic mass is 10.1. The number of carbonyl (C=O) groups is 1.